The maximum absolute atomic E-state index is 13.4. The molecule has 3 aromatic carbocycles. The van der Waals surface area contributed by atoms with Crippen LogP contribution in [0.1, 0.15) is 105 Å². The minimum absolute atomic E-state index is 0. The number of aliphatic hydroxyl groups is 1. The third kappa shape index (κ3) is 10.7. The summed E-state index contributed by atoms with van der Waals surface area (Å²) in [5.41, 5.74) is 4.30. The van der Waals surface area contributed by atoms with Crippen molar-refractivity contribution in [2.75, 3.05) is 0 Å². The Balaban J connectivity index is 0.000000418. The van der Waals surface area contributed by atoms with Crippen LogP contribution < -0.4 is 0 Å². The van der Waals surface area contributed by atoms with Gasteiger partial charge in [-0.2, -0.15) is 0 Å². The van der Waals surface area contributed by atoms with Gasteiger partial charge in [0.15, 0.2) is 5.78 Å². The average molecular weight is 1030 g/mol. The van der Waals surface area contributed by atoms with E-state index in [0.717, 1.165) is 66.2 Å². The fourth-order valence-electron chi connectivity index (χ4n) is 6.38. The van der Waals surface area contributed by atoms with E-state index in [4.69, 9.17) is 4.98 Å². The molecule has 10 heteroatoms. The molecular formula is C44H53F3IrN3O2Te-. The first-order chi connectivity index (χ1) is 24.8. The van der Waals surface area contributed by atoms with Crippen molar-refractivity contribution in [3.8, 4) is 20.5 Å². The number of carbonyl (C=O) groups excluding carboxylic acids is 1. The van der Waals surface area contributed by atoms with Crippen LogP contribution in [0.3, 0.4) is 0 Å². The first-order valence-corrected chi connectivity index (χ1v) is 20.9. The van der Waals surface area contributed by atoms with Gasteiger partial charge in [0.05, 0.1) is 5.76 Å². The van der Waals surface area contributed by atoms with Crippen LogP contribution in [-0.2, 0) is 36.7 Å². The van der Waals surface area contributed by atoms with Gasteiger partial charge in [0, 0.05) is 38.0 Å². The minimum atomic E-state index is -4.25. The third-order valence-electron chi connectivity index (χ3n) is 10.0. The zero-order chi connectivity index (χ0) is 39.3. The van der Waals surface area contributed by atoms with Gasteiger partial charge >= 0.3 is 231 Å². The Morgan fingerprint density at radius 1 is 0.889 bits per heavy atom. The van der Waals surface area contributed by atoms with Crippen molar-refractivity contribution in [2.45, 2.75) is 113 Å². The van der Waals surface area contributed by atoms with Gasteiger partial charge in [-0.1, -0.05) is 27.7 Å². The molecule has 54 heavy (non-hydrogen) atoms. The number of rotatable bonds is 11. The molecule has 0 saturated carbocycles. The second-order valence-electron chi connectivity index (χ2n) is 15.5. The van der Waals surface area contributed by atoms with Crippen molar-refractivity contribution >= 4 is 45.9 Å². The molecule has 5 rings (SSSR count). The largest absolute Gasteiger partial charge is 0 e. The van der Waals surface area contributed by atoms with E-state index in [0.29, 0.717) is 5.56 Å². The van der Waals surface area contributed by atoms with Gasteiger partial charge in [-0.25, -0.2) is 0 Å². The fourth-order valence-corrected chi connectivity index (χ4v) is 9.27. The van der Waals surface area contributed by atoms with Crippen LogP contribution in [-0.4, -0.2) is 52.7 Å². The Kier molecular flexibility index (Phi) is 15.9. The van der Waals surface area contributed by atoms with E-state index in [2.05, 4.69) is 55.2 Å². The molecule has 2 aromatic heterocycles. The monoisotopic (exact) mass is 1040 g/mol. The van der Waals surface area contributed by atoms with Crippen molar-refractivity contribution in [1.29, 1.82) is 0 Å². The summed E-state index contributed by atoms with van der Waals surface area (Å²) in [6, 6.07) is 21.3. The molecule has 0 spiro atoms. The van der Waals surface area contributed by atoms with Crippen LogP contribution in [0.4, 0.5) is 13.2 Å². The normalized spacial score (nSPS) is 12.6. The Hall–Kier alpha value is -2.89. The molecule has 0 saturated heterocycles. The number of carbonyl (C=O) groups is 1. The van der Waals surface area contributed by atoms with Gasteiger partial charge in [-0.15, -0.1) is 0 Å². The second kappa shape index (κ2) is 18.8. The zero-order valence-electron chi connectivity index (χ0n) is 33.0. The van der Waals surface area contributed by atoms with Crippen LogP contribution in [0.15, 0.2) is 66.4 Å². The summed E-state index contributed by atoms with van der Waals surface area (Å²) in [4.78, 5) is 16.8. The Labute approximate surface area is 342 Å². The molecule has 1 N–H and O–H groups in total. The van der Waals surface area contributed by atoms with E-state index in [1.807, 2.05) is 58.9 Å². The summed E-state index contributed by atoms with van der Waals surface area (Å²) in [6.45, 7) is 19.1. The van der Waals surface area contributed by atoms with Gasteiger partial charge in [-0.3, -0.25) is 4.79 Å². The number of benzene rings is 3. The molecular weight excluding hydrogens is 979 g/mol. The molecule has 293 valence electrons. The van der Waals surface area contributed by atoms with E-state index in [9.17, 15) is 23.1 Å². The quantitative estimate of drug-likeness (QED) is 0.0617. The van der Waals surface area contributed by atoms with Gasteiger partial charge < -0.3 is 5.11 Å². The number of aromatic nitrogens is 3. The molecule has 0 aliphatic carbocycles. The van der Waals surface area contributed by atoms with Crippen molar-refractivity contribution in [3.63, 3.8) is 0 Å². The predicted octanol–water partition coefficient (Wildman–Crippen LogP) is 12.0. The molecule has 0 fully saturated rings. The second-order valence-corrected chi connectivity index (χ2v) is 18.3. The summed E-state index contributed by atoms with van der Waals surface area (Å²) in [6.07, 6.45) is 0.588. The van der Waals surface area contributed by atoms with Crippen molar-refractivity contribution in [1.82, 2.24) is 15.2 Å². The van der Waals surface area contributed by atoms with Crippen LogP contribution in [0.25, 0.3) is 40.2 Å². The topological polar surface area (TPSA) is 76.0 Å². The van der Waals surface area contributed by atoms with E-state index < -0.39 is 32.0 Å². The molecule has 5 nitrogen and oxygen atoms in total. The van der Waals surface area contributed by atoms with Crippen LogP contribution in [0.5, 0.6) is 0 Å². The third-order valence-corrected chi connectivity index (χ3v) is 13.5. The molecule has 5 aromatic rings. The van der Waals surface area contributed by atoms with Gasteiger partial charge in [0.2, 0.25) is 0 Å². The molecule has 0 amide bonds. The van der Waals surface area contributed by atoms with E-state index in [-0.39, 0.29) is 55.3 Å². The Morgan fingerprint density at radius 3 is 2.04 bits per heavy atom. The maximum Gasteiger partial charge on any atom is 0 e. The number of halogens is 3. The minimum Gasteiger partial charge on any atom is 0 e. The number of hydrogen-bond acceptors (Lipinski definition) is 5. The summed E-state index contributed by atoms with van der Waals surface area (Å²) < 4.78 is 42.2. The summed E-state index contributed by atoms with van der Waals surface area (Å²) >= 11 is -0.843. The first kappa shape index (κ1) is 45.5. The van der Waals surface area contributed by atoms with E-state index in [1.165, 1.54) is 30.9 Å². The number of hydrogen-bond donors (Lipinski definition) is 1. The average Bonchev–Trinajstić information content (AvgIpc) is 3.55. The maximum atomic E-state index is 13.4. The number of fused-ring (bicyclic) bond motifs is 2. The van der Waals surface area contributed by atoms with Crippen LogP contribution in [0.2, 0.25) is 0 Å². The smallest absolute Gasteiger partial charge is 0 e. The molecule has 1 radical (unpaired) electrons. The predicted molar refractivity (Wildman–Crippen MR) is 212 cm³/mol. The number of alkyl halides is 3. The van der Waals surface area contributed by atoms with Crippen molar-refractivity contribution < 1.29 is 43.2 Å². The Bertz CT molecular complexity index is 2060. The zero-order valence-corrected chi connectivity index (χ0v) is 37.8. The molecule has 2 heterocycles. The van der Waals surface area contributed by atoms with Gasteiger partial charge in [0.1, 0.15) is 0 Å². The number of aryl methyl sites for hydroxylation is 1. The fraction of sp³-hybridized carbons (Fsp3) is 0.455. The summed E-state index contributed by atoms with van der Waals surface area (Å²) in [5, 5.41) is 21.0. The summed E-state index contributed by atoms with van der Waals surface area (Å²) in [5.74, 6) is 0.547. The molecule has 0 aliphatic heterocycles. The number of allylic oxidation sites excluding steroid dienone is 2. The molecule has 0 bridgehead atoms. The van der Waals surface area contributed by atoms with E-state index >= 15 is 0 Å². The SMILES string of the molecule is CCC(CC)C(=O)/C=C(\O)C(CC)CC.Cc1nnc(-c2[c-]c3ccccc3c(C(C)(C)C)c2)c2nc(-c3ccc(CC(C)(C)C(F)(F)F)cc3)[te]c12.[Ir]. The first-order valence-electron chi connectivity index (χ1n) is 18.5. The van der Waals surface area contributed by atoms with Crippen LogP contribution >= 0.6 is 0 Å². The van der Waals surface area contributed by atoms with E-state index in [1.54, 1.807) is 12.1 Å². The van der Waals surface area contributed by atoms with Crippen molar-refractivity contribution in [2.24, 2.45) is 17.3 Å². The van der Waals surface area contributed by atoms with Crippen LogP contribution in [0, 0.1) is 30.2 Å². The molecule has 0 unspecified atom stereocenters. The molecule has 0 aliphatic rings. The number of aliphatic hydroxyl groups excluding tert-OH is 1. The molecule has 0 atom stereocenters. The Morgan fingerprint density at radius 2 is 1.48 bits per heavy atom. The number of nitrogens with zero attached hydrogens (tertiary/aromatic N) is 3. The van der Waals surface area contributed by atoms with Crippen molar-refractivity contribution in [3.05, 3.63) is 89.3 Å². The van der Waals surface area contributed by atoms with Gasteiger partial charge in [0.25, 0.3) is 0 Å². The summed E-state index contributed by atoms with van der Waals surface area (Å²) in [7, 11) is 0. The standard InChI is InChI=1S/C31H29F3N3Te.C13H24O2.Ir/c1-18-27-26(35-28(38-27)20-13-11-19(12-14-20)17-30(5,6)31(32,33)34)25(37-36-18)22-15-21-9-7-8-10-23(21)24(16-22)29(2,3)4;1-5-10(6-2)12(14)9-13(15)11(7-3)8-4;/h7-14,16H,17H2,1-6H3;9-11,14H,5-8H2,1-4H3;/q-1;;/b;12-9-;. The number of ketones is 1. The van der Waals surface area contributed by atoms with Gasteiger partial charge in [-0.05, 0) is 25.7 Å².